The van der Waals surface area contributed by atoms with Gasteiger partial charge in [0.1, 0.15) is 18.2 Å². The van der Waals surface area contributed by atoms with E-state index in [1.54, 1.807) is 4.90 Å². The van der Waals surface area contributed by atoms with E-state index in [-0.39, 0.29) is 25.0 Å². The molecule has 40 heavy (non-hydrogen) atoms. The van der Waals surface area contributed by atoms with Crippen LogP contribution in [0.25, 0.3) is 0 Å². The van der Waals surface area contributed by atoms with Crippen molar-refractivity contribution in [1.82, 2.24) is 15.1 Å². The Morgan fingerprint density at radius 1 is 1.10 bits per heavy atom. The van der Waals surface area contributed by atoms with Crippen molar-refractivity contribution in [3.05, 3.63) is 47.0 Å². The van der Waals surface area contributed by atoms with E-state index in [0.717, 1.165) is 23.1 Å². The average Bonchev–Trinajstić information content (AvgIpc) is 3.52. The molecule has 0 aliphatic carbocycles. The van der Waals surface area contributed by atoms with Crippen LogP contribution >= 0.6 is 0 Å². The summed E-state index contributed by atoms with van der Waals surface area (Å²) in [6, 6.07) is 4.15. The number of nitrogens with zero attached hydrogens (tertiary/aromatic N) is 2. The first-order valence-corrected chi connectivity index (χ1v) is 13.8. The van der Waals surface area contributed by atoms with Crippen LogP contribution in [0.4, 0.5) is 9.59 Å². The van der Waals surface area contributed by atoms with E-state index in [1.165, 1.54) is 12.0 Å². The van der Waals surface area contributed by atoms with Crippen LogP contribution in [0.3, 0.4) is 0 Å². The van der Waals surface area contributed by atoms with E-state index < -0.39 is 47.7 Å². The molecule has 10 heteroatoms. The van der Waals surface area contributed by atoms with Gasteiger partial charge in [-0.05, 0) is 34.9 Å². The number of hydrogen-bond donors (Lipinski definition) is 1. The molecule has 1 saturated heterocycles. The summed E-state index contributed by atoms with van der Waals surface area (Å²) in [5, 5.41) is 2.72. The van der Waals surface area contributed by atoms with E-state index in [1.807, 2.05) is 46.8 Å². The van der Waals surface area contributed by atoms with Gasteiger partial charge in [0, 0.05) is 24.9 Å². The van der Waals surface area contributed by atoms with Gasteiger partial charge >= 0.3 is 18.2 Å². The number of amides is 3. The van der Waals surface area contributed by atoms with Crippen LogP contribution in [-0.2, 0) is 43.3 Å². The molecule has 1 aromatic carbocycles. The Balaban J connectivity index is 1.64. The molecule has 0 radical (unpaired) electrons. The number of nitrogens with one attached hydrogen (secondary N) is 1. The lowest BCUT2D eigenvalue weighted by Crippen LogP contribution is -2.57. The number of allylic oxidation sites excluding steroid dienone is 2. The van der Waals surface area contributed by atoms with Crippen LogP contribution in [0.2, 0.25) is 0 Å². The van der Waals surface area contributed by atoms with Gasteiger partial charge in [0.15, 0.2) is 0 Å². The van der Waals surface area contributed by atoms with Crippen LogP contribution in [0, 0.1) is 10.8 Å². The number of hydrogen-bond acceptors (Lipinski definition) is 7. The number of fused-ring (bicyclic) bond motifs is 3. The minimum atomic E-state index is -0.985. The Kier molecular flexibility index (Phi) is 8.46. The lowest BCUT2D eigenvalue weighted by atomic mass is 9.85. The number of benzene rings is 1. The monoisotopic (exact) mass is 555 g/mol. The highest BCUT2D eigenvalue weighted by Crippen LogP contribution is 2.31. The van der Waals surface area contributed by atoms with Crippen LogP contribution in [-0.4, -0.2) is 72.3 Å². The molecule has 0 saturated carbocycles. The number of esters is 1. The number of carbonyl (C=O) groups excluding carboxylic acids is 4. The van der Waals surface area contributed by atoms with Crippen molar-refractivity contribution in [2.24, 2.45) is 10.8 Å². The fourth-order valence-corrected chi connectivity index (χ4v) is 5.42. The van der Waals surface area contributed by atoms with E-state index in [9.17, 15) is 19.2 Å². The molecular formula is C30H41N3O7. The summed E-state index contributed by atoms with van der Waals surface area (Å²) in [4.78, 5) is 55.6. The minimum absolute atomic E-state index is 0.0114. The molecule has 10 nitrogen and oxygen atoms in total. The van der Waals surface area contributed by atoms with Crippen molar-refractivity contribution >= 4 is 24.1 Å². The fraction of sp³-hybridized carbons (Fsp3) is 0.600. The third-order valence-electron chi connectivity index (χ3n) is 7.77. The van der Waals surface area contributed by atoms with Crippen molar-refractivity contribution in [2.45, 2.75) is 85.2 Å². The first-order chi connectivity index (χ1) is 18.8. The Labute approximate surface area is 236 Å². The highest BCUT2D eigenvalue weighted by molar-refractivity contribution is 5.91. The van der Waals surface area contributed by atoms with Gasteiger partial charge in [0.2, 0.25) is 5.91 Å². The van der Waals surface area contributed by atoms with Crippen molar-refractivity contribution in [3.8, 4) is 0 Å². The van der Waals surface area contributed by atoms with Gasteiger partial charge in [0.25, 0.3) is 0 Å². The predicted molar refractivity (Wildman–Crippen MR) is 147 cm³/mol. The Hall–Kier alpha value is -3.56. The number of alkyl carbamates (subject to hydrolysis) is 1. The van der Waals surface area contributed by atoms with E-state index >= 15 is 0 Å². The fourth-order valence-electron chi connectivity index (χ4n) is 5.42. The molecule has 3 aliphatic rings. The van der Waals surface area contributed by atoms with Crippen LogP contribution in [0.1, 0.15) is 64.2 Å². The molecule has 3 amide bonds. The number of cyclic esters (lactones) is 1. The van der Waals surface area contributed by atoms with Crippen molar-refractivity contribution in [3.63, 3.8) is 0 Å². The molecule has 0 spiro atoms. The number of carbonyl (C=O) groups is 4. The third-order valence-corrected chi connectivity index (χ3v) is 7.77. The lowest BCUT2D eigenvalue weighted by Gasteiger charge is -2.35. The largest absolute Gasteiger partial charge is 0.467 e. The summed E-state index contributed by atoms with van der Waals surface area (Å²) in [5.74, 6) is -1.07. The normalized spacial score (nSPS) is 25.6. The van der Waals surface area contributed by atoms with Gasteiger partial charge in [-0.25, -0.2) is 14.4 Å². The Morgan fingerprint density at radius 2 is 1.82 bits per heavy atom. The molecule has 3 aliphatic heterocycles. The van der Waals surface area contributed by atoms with Gasteiger partial charge in [-0.1, -0.05) is 65.0 Å². The number of ether oxygens (including phenoxy) is 3. The molecule has 3 heterocycles. The topological polar surface area (TPSA) is 114 Å². The molecule has 1 fully saturated rings. The summed E-state index contributed by atoms with van der Waals surface area (Å²) in [6.07, 6.45) is 3.79. The number of rotatable bonds is 1. The van der Waals surface area contributed by atoms with Gasteiger partial charge in [-0.2, -0.15) is 0 Å². The molecule has 1 N–H and O–H groups in total. The van der Waals surface area contributed by atoms with Crippen molar-refractivity contribution < 1.29 is 33.4 Å². The van der Waals surface area contributed by atoms with Crippen molar-refractivity contribution in [1.29, 1.82) is 0 Å². The summed E-state index contributed by atoms with van der Waals surface area (Å²) in [7, 11) is 1.25. The second kappa shape index (κ2) is 11.5. The zero-order chi connectivity index (χ0) is 29.2. The maximum absolute atomic E-state index is 13.8. The molecule has 218 valence electrons. The van der Waals surface area contributed by atoms with Gasteiger partial charge in [0.05, 0.1) is 20.3 Å². The Morgan fingerprint density at radius 3 is 2.52 bits per heavy atom. The summed E-state index contributed by atoms with van der Waals surface area (Å²) in [6.45, 7) is 10.5. The minimum Gasteiger partial charge on any atom is -0.467 e. The summed E-state index contributed by atoms with van der Waals surface area (Å²) < 4.78 is 16.4. The van der Waals surface area contributed by atoms with Gasteiger partial charge in [-0.15, -0.1) is 0 Å². The number of methoxy groups -OCH3 is 1. The summed E-state index contributed by atoms with van der Waals surface area (Å²) in [5.41, 5.74) is 2.31. The quantitative estimate of drug-likeness (QED) is 0.317. The maximum atomic E-state index is 13.8. The smallest absolute Gasteiger partial charge is 0.410 e. The molecule has 0 aromatic heterocycles. The third kappa shape index (κ3) is 6.59. The predicted octanol–water partition coefficient (Wildman–Crippen LogP) is 3.95. The van der Waals surface area contributed by atoms with E-state index in [4.69, 9.17) is 14.2 Å². The zero-order valence-corrected chi connectivity index (χ0v) is 24.3. The molecule has 4 bridgehead atoms. The summed E-state index contributed by atoms with van der Waals surface area (Å²) >= 11 is 0. The average molecular weight is 556 g/mol. The Bertz CT molecular complexity index is 1190. The molecule has 4 rings (SSSR count). The van der Waals surface area contributed by atoms with Gasteiger partial charge in [-0.3, -0.25) is 9.69 Å². The second-order valence-electron chi connectivity index (χ2n) is 12.7. The molecule has 1 aromatic rings. The van der Waals surface area contributed by atoms with Crippen LogP contribution in [0.5, 0.6) is 0 Å². The maximum Gasteiger partial charge on any atom is 0.410 e. The van der Waals surface area contributed by atoms with Crippen LogP contribution < -0.4 is 5.32 Å². The molecule has 3 atom stereocenters. The highest BCUT2D eigenvalue weighted by Gasteiger charge is 2.47. The lowest BCUT2D eigenvalue weighted by molar-refractivity contribution is -0.152. The molecule has 0 unspecified atom stereocenters. The van der Waals surface area contributed by atoms with Crippen molar-refractivity contribution in [2.75, 3.05) is 20.3 Å². The second-order valence-corrected chi connectivity index (χ2v) is 12.7. The SMILES string of the molecule is COC(=O)[C@@H]1C[C@@H]2CN1C(=O)[C@H](C(C)(C)C)NC(=O)OCC(C)(C)CC=CCc1cccc3c1CN(C3)C(=O)O2. The van der Waals surface area contributed by atoms with Gasteiger partial charge < -0.3 is 24.4 Å². The highest BCUT2D eigenvalue weighted by atomic mass is 16.6. The molecular weight excluding hydrogens is 514 g/mol. The first-order valence-electron chi connectivity index (χ1n) is 13.8. The van der Waals surface area contributed by atoms with E-state index in [2.05, 4.69) is 23.5 Å². The standard InChI is InChI=1S/C30H41N3O7/c1-29(2,3)24-25(34)33-16-21(14-23(33)26(35)38-6)40-28(37)32-15-20-12-9-11-19(22(20)17-32)10-7-8-13-30(4,5)18-39-27(36)31-24/h7-9,11-12,21,23-24H,10,13-18H2,1-6H3,(H,31,36)/t21-,23+,24-/m1/s1. The zero-order valence-electron chi connectivity index (χ0n) is 24.3. The first kappa shape index (κ1) is 29.4. The van der Waals surface area contributed by atoms with Crippen LogP contribution in [0.15, 0.2) is 30.4 Å². The van der Waals surface area contributed by atoms with E-state index in [0.29, 0.717) is 19.5 Å².